The van der Waals surface area contributed by atoms with Crippen LogP contribution in [0.3, 0.4) is 0 Å². The third-order valence-electron chi connectivity index (χ3n) is 3.91. The van der Waals surface area contributed by atoms with Crippen LogP contribution in [0.1, 0.15) is 29.8 Å². The Balaban J connectivity index is 1.72. The molecule has 0 spiro atoms. The van der Waals surface area contributed by atoms with Crippen LogP contribution in [0.2, 0.25) is 0 Å². The number of thiazole rings is 1. The highest BCUT2D eigenvalue weighted by atomic mass is 32.1. The third-order valence-corrected chi connectivity index (χ3v) is 5.13. The SMILES string of the molecule is CNC(=O)[C@@H]1CCN(c2nc3c(s2)CCCC3)C1. The predicted molar refractivity (Wildman–Crippen MR) is 73.1 cm³/mol. The second-order valence-electron chi connectivity index (χ2n) is 5.12. The van der Waals surface area contributed by atoms with Crippen molar-refractivity contribution < 1.29 is 4.79 Å². The van der Waals surface area contributed by atoms with Crippen LogP contribution in [0.5, 0.6) is 0 Å². The van der Waals surface area contributed by atoms with Gasteiger partial charge in [0.05, 0.1) is 11.6 Å². The van der Waals surface area contributed by atoms with Crippen molar-refractivity contribution >= 4 is 22.4 Å². The van der Waals surface area contributed by atoms with Gasteiger partial charge in [0, 0.05) is 25.0 Å². The molecule has 1 saturated heterocycles. The molecule has 0 unspecified atom stereocenters. The first-order valence-electron chi connectivity index (χ1n) is 6.73. The molecule has 2 heterocycles. The maximum absolute atomic E-state index is 11.6. The first-order chi connectivity index (χ1) is 8.78. The van der Waals surface area contributed by atoms with Crippen LogP contribution >= 0.6 is 11.3 Å². The van der Waals surface area contributed by atoms with E-state index >= 15 is 0 Å². The molecule has 98 valence electrons. The second kappa shape index (κ2) is 4.88. The van der Waals surface area contributed by atoms with E-state index in [4.69, 9.17) is 4.98 Å². The summed E-state index contributed by atoms with van der Waals surface area (Å²) in [5.74, 6) is 0.301. The maximum atomic E-state index is 11.6. The van der Waals surface area contributed by atoms with Gasteiger partial charge in [-0.15, -0.1) is 11.3 Å². The van der Waals surface area contributed by atoms with Crippen LogP contribution in [0, 0.1) is 5.92 Å². The first-order valence-corrected chi connectivity index (χ1v) is 7.54. The van der Waals surface area contributed by atoms with Gasteiger partial charge in [0.1, 0.15) is 0 Å². The van der Waals surface area contributed by atoms with Crippen molar-refractivity contribution in [2.24, 2.45) is 5.92 Å². The van der Waals surface area contributed by atoms with Crippen LogP contribution < -0.4 is 10.2 Å². The lowest BCUT2D eigenvalue weighted by molar-refractivity contribution is -0.123. The Bertz CT molecular complexity index is 434. The maximum Gasteiger partial charge on any atom is 0.224 e. The molecule has 3 rings (SSSR count). The smallest absolute Gasteiger partial charge is 0.224 e. The van der Waals surface area contributed by atoms with Gasteiger partial charge in [-0.3, -0.25) is 4.79 Å². The van der Waals surface area contributed by atoms with Gasteiger partial charge in [-0.05, 0) is 32.1 Å². The largest absolute Gasteiger partial charge is 0.359 e. The number of fused-ring (bicyclic) bond motifs is 1. The molecular formula is C13H19N3OS. The lowest BCUT2D eigenvalue weighted by Gasteiger charge is -2.14. The summed E-state index contributed by atoms with van der Waals surface area (Å²) in [5.41, 5.74) is 1.31. The zero-order chi connectivity index (χ0) is 12.5. The van der Waals surface area contributed by atoms with Crippen molar-refractivity contribution in [3.05, 3.63) is 10.6 Å². The average Bonchev–Trinajstić information content (AvgIpc) is 3.03. The Kier molecular flexibility index (Phi) is 3.24. The number of anilines is 1. The zero-order valence-electron chi connectivity index (χ0n) is 10.7. The highest BCUT2D eigenvalue weighted by Gasteiger charge is 2.30. The van der Waals surface area contributed by atoms with Gasteiger partial charge in [-0.2, -0.15) is 0 Å². The van der Waals surface area contributed by atoms with Crippen LogP contribution in [-0.4, -0.2) is 31.0 Å². The van der Waals surface area contributed by atoms with Crippen molar-refractivity contribution in [3.63, 3.8) is 0 Å². The Morgan fingerprint density at radius 3 is 3.06 bits per heavy atom. The van der Waals surface area contributed by atoms with E-state index < -0.39 is 0 Å². The molecule has 1 aliphatic carbocycles. The molecule has 0 radical (unpaired) electrons. The van der Waals surface area contributed by atoms with E-state index in [0.717, 1.165) is 31.1 Å². The topological polar surface area (TPSA) is 45.2 Å². The number of rotatable bonds is 2. The summed E-state index contributed by atoms with van der Waals surface area (Å²) in [4.78, 5) is 20.1. The van der Waals surface area contributed by atoms with Gasteiger partial charge in [0.25, 0.3) is 0 Å². The number of carbonyl (C=O) groups excluding carboxylic acids is 1. The van der Waals surface area contributed by atoms with Crippen molar-refractivity contribution in [1.82, 2.24) is 10.3 Å². The zero-order valence-corrected chi connectivity index (χ0v) is 11.6. The fourth-order valence-corrected chi connectivity index (χ4v) is 4.01. The van der Waals surface area contributed by atoms with Gasteiger partial charge in [0.15, 0.2) is 5.13 Å². The van der Waals surface area contributed by atoms with Crippen LogP contribution in [-0.2, 0) is 17.6 Å². The molecule has 5 heteroatoms. The van der Waals surface area contributed by atoms with E-state index in [9.17, 15) is 4.79 Å². The summed E-state index contributed by atoms with van der Waals surface area (Å²) in [6.07, 6.45) is 5.86. The van der Waals surface area contributed by atoms with Crippen molar-refractivity contribution in [2.45, 2.75) is 32.1 Å². The van der Waals surface area contributed by atoms with Crippen molar-refractivity contribution in [1.29, 1.82) is 0 Å². The first kappa shape index (κ1) is 12.0. The molecule has 1 aliphatic heterocycles. The minimum absolute atomic E-state index is 0.135. The molecule has 0 aromatic carbocycles. The molecule has 0 bridgehead atoms. The van der Waals surface area contributed by atoms with E-state index in [-0.39, 0.29) is 11.8 Å². The molecule has 1 atom stereocenters. The third kappa shape index (κ3) is 2.11. The highest BCUT2D eigenvalue weighted by molar-refractivity contribution is 7.15. The van der Waals surface area contributed by atoms with E-state index in [1.165, 1.54) is 29.8 Å². The minimum atomic E-state index is 0.135. The molecule has 0 saturated carbocycles. The number of hydrogen-bond donors (Lipinski definition) is 1. The second-order valence-corrected chi connectivity index (χ2v) is 6.18. The number of aromatic nitrogens is 1. The van der Waals surface area contributed by atoms with Crippen molar-refractivity contribution in [3.8, 4) is 0 Å². The van der Waals surface area contributed by atoms with E-state index in [2.05, 4.69) is 10.2 Å². The van der Waals surface area contributed by atoms with Gasteiger partial charge in [-0.25, -0.2) is 4.98 Å². The number of hydrogen-bond acceptors (Lipinski definition) is 4. The van der Waals surface area contributed by atoms with E-state index in [1.807, 2.05) is 11.3 Å². The van der Waals surface area contributed by atoms with Crippen molar-refractivity contribution in [2.75, 3.05) is 25.0 Å². The number of carbonyl (C=O) groups is 1. The molecule has 1 aromatic rings. The molecule has 1 aromatic heterocycles. The Hall–Kier alpha value is -1.10. The quantitative estimate of drug-likeness (QED) is 0.883. The summed E-state index contributed by atoms with van der Waals surface area (Å²) >= 11 is 1.84. The van der Waals surface area contributed by atoms with Gasteiger partial charge in [0.2, 0.25) is 5.91 Å². The monoisotopic (exact) mass is 265 g/mol. The van der Waals surface area contributed by atoms with Crippen LogP contribution in [0.25, 0.3) is 0 Å². The molecular weight excluding hydrogens is 246 g/mol. The lowest BCUT2D eigenvalue weighted by atomic mass is 10.0. The molecule has 2 aliphatic rings. The van der Waals surface area contributed by atoms with Crippen LogP contribution in [0.15, 0.2) is 0 Å². The summed E-state index contributed by atoms with van der Waals surface area (Å²) in [6.45, 7) is 1.79. The molecule has 1 N–H and O–H groups in total. The van der Waals surface area contributed by atoms with Gasteiger partial charge >= 0.3 is 0 Å². The van der Waals surface area contributed by atoms with Gasteiger partial charge < -0.3 is 10.2 Å². The summed E-state index contributed by atoms with van der Waals surface area (Å²) in [6, 6.07) is 0. The summed E-state index contributed by atoms with van der Waals surface area (Å²) < 4.78 is 0. The number of amides is 1. The van der Waals surface area contributed by atoms with Gasteiger partial charge in [-0.1, -0.05) is 0 Å². The Morgan fingerprint density at radius 2 is 2.28 bits per heavy atom. The molecule has 18 heavy (non-hydrogen) atoms. The number of nitrogens with zero attached hydrogens (tertiary/aromatic N) is 2. The highest BCUT2D eigenvalue weighted by Crippen LogP contribution is 2.34. The number of nitrogens with one attached hydrogen (secondary N) is 1. The Labute approximate surface area is 111 Å². The molecule has 4 nitrogen and oxygen atoms in total. The Morgan fingerprint density at radius 1 is 1.44 bits per heavy atom. The minimum Gasteiger partial charge on any atom is -0.359 e. The average molecular weight is 265 g/mol. The van der Waals surface area contributed by atoms with Crippen LogP contribution in [0.4, 0.5) is 5.13 Å². The summed E-state index contributed by atoms with van der Waals surface area (Å²) in [7, 11) is 1.72. The predicted octanol–water partition coefficient (Wildman–Crippen LogP) is 1.59. The van der Waals surface area contributed by atoms with E-state index in [0.29, 0.717) is 0 Å². The fourth-order valence-electron chi connectivity index (χ4n) is 2.83. The lowest BCUT2D eigenvalue weighted by Crippen LogP contribution is -2.30. The standard InChI is InChI=1S/C13H19N3OS/c1-14-12(17)9-6-7-16(8-9)13-15-10-4-2-3-5-11(10)18-13/h9H,2-8H2,1H3,(H,14,17)/t9-/m1/s1. The van der Waals surface area contributed by atoms with E-state index in [1.54, 1.807) is 7.05 Å². The number of aryl methyl sites for hydroxylation is 2. The molecule has 1 fully saturated rings. The fraction of sp³-hybridized carbons (Fsp3) is 0.692. The summed E-state index contributed by atoms with van der Waals surface area (Å²) in [5, 5.41) is 3.88. The molecule has 1 amide bonds. The normalized spacial score (nSPS) is 22.9.